The molecule has 3 rings (SSSR count). The average Bonchev–Trinajstić information content (AvgIpc) is 2.66. The number of rotatable bonds is 6. The Labute approximate surface area is 160 Å². The van der Waals surface area contributed by atoms with Crippen molar-refractivity contribution in [3.05, 3.63) is 54.1 Å². The minimum absolute atomic E-state index is 0.138. The van der Waals surface area contributed by atoms with E-state index < -0.39 is 6.36 Å². The first-order chi connectivity index (χ1) is 12.9. The van der Waals surface area contributed by atoms with Gasteiger partial charge in [0.2, 0.25) is 0 Å². The van der Waals surface area contributed by atoms with Gasteiger partial charge in [0.1, 0.15) is 5.75 Å². The van der Waals surface area contributed by atoms with E-state index in [1.54, 1.807) is 17.7 Å². The van der Waals surface area contributed by atoms with E-state index in [-0.39, 0.29) is 5.75 Å². The van der Waals surface area contributed by atoms with E-state index >= 15 is 0 Å². The van der Waals surface area contributed by atoms with E-state index in [0.29, 0.717) is 5.92 Å². The molecule has 1 fully saturated rings. The molecule has 0 radical (unpaired) electrons. The zero-order valence-corrected chi connectivity index (χ0v) is 15.8. The van der Waals surface area contributed by atoms with E-state index in [2.05, 4.69) is 17.4 Å². The van der Waals surface area contributed by atoms with Crippen LogP contribution in [-0.2, 0) is 0 Å². The number of hydrogen-bond acceptors (Lipinski definition) is 1. The van der Waals surface area contributed by atoms with Crippen molar-refractivity contribution in [3.63, 3.8) is 0 Å². The molecule has 2 aliphatic carbocycles. The van der Waals surface area contributed by atoms with E-state index in [9.17, 15) is 13.2 Å². The Morgan fingerprint density at radius 2 is 1.70 bits per heavy atom. The standard InChI is InChI=1S/C23H29F3O/c1-2-3-4-17-5-7-18(8-6-17)19-9-11-20(12-10-19)21-13-15-22(16-14-21)27-23(24,25)26/h2,5,13-16,18-20H,1,3-4,6-12H2. The summed E-state index contributed by atoms with van der Waals surface area (Å²) in [6.07, 6.45) is 10.6. The maximum atomic E-state index is 12.3. The van der Waals surface area contributed by atoms with Crippen LogP contribution >= 0.6 is 0 Å². The zero-order chi connectivity index (χ0) is 19.3. The van der Waals surface area contributed by atoms with Crippen molar-refractivity contribution < 1.29 is 17.9 Å². The summed E-state index contributed by atoms with van der Waals surface area (Å²) in [6, 6.07) is 6.46. The summed E-state index contributed by atoms with van der Waals surface area (Å²) in [4.78, 5) is 0. The summed E-state index contributed by atoms with van der Waals surface area (Å²) in [5.41, 5.74) is 2.74. The molecule has 148 valence electrons. The highest BCUT2D eigenvalue weighted by atomic mass is 19.4. The Morgan fingerprint density at radius 1 is 1.00 bits per heavy atom. The van der Waals surface area contributed by atoms with Gasteiger partial charge in [-0.1, -0.05) is 29.9 Å². The first kappa shape index (κ1) is 20.0. The second-order valence-electron chi connectivity index (χ2n) is 7.95. The van der Waals surface area contributed by atoms with Crippen LogP contribution in [0.25, 0.3) is 0 Å². The monoisotopic (exact) mass is 378 g/mol. The van der Waals surface area contributed by atoms with Crippen LogP contribution in [0.3, 0.4) is 0 Å². The lowest BCUT2D eigenvalue weighted by Crippen LogP contribution is -2.22. The maximum Gasteiger partial charge on any atom is 0.573 e. The summed E-state index contributed by atoms with van der Waals surface area (Å²) in [5, 5.41) is 0. The first-order valence-corrected chi connectivity index (χ1v) is 10.1. The predicted molar refractivity (Wildman–Crippen MR) is 103 cm³/mol. The maximum absolute atomic E-state index is 12.3. The van der Waals surface area contributed by atoms with Crippen LogP contribution in [0.4, 0.5) is 13.2 Å². The quantitative estimate of drug-likeness (QED) is 0.464. The number of hydrogen-bond donors (Lipinski definition) is 0. The molecule has 1 aromatic rings. The fraction of sp³-hybridized carbons (Fsp3) is 0.565. The number of halogens is 3. The molecule has 1 nitrogen and oxygen atoms in total. The highest BCUT2D eigenvalue weighted by Crippen LogP contribution is 2.43. The molecule has 1 atom stereocenters. The van der Waals surface area contributed by atoms with Crippen LogP contribution in [0.1, 0.15) is 69.3 Å². The van der Waals surface area contributed by atoms with Gasteiger partial charge >= 0.3 is 6.36 Å². The molecule has 0 heterocycles. The Kier molecular flexibility index (Phi) is 6.67. The van der Waals surface area contributed by atoms with Crippen LogP contribution in [0.2, 0.25) is 0 Å². The zero-order valence-electron chi connectivity index (χ0n) is 15.8. The molecule has 1 aromatic carbocycles. The van der Waals surface area contributed by atoms with Gasteiger partial charge < -0.3 is 4.74 Å². The second kappa shape index (κ2) is 8.99. The third-order valence-corrected chi connectivity index (χ3v) is 6.24. The van der Waals surface area contributed by atoms with Gasteiger partial charge in [0, 0.05) is 0 Å². The normalized spacial score (nSPS) is 26.3. The molecule has 2 aliphatic rings. The minimum Gasteiger partial charge on any atom is -0.406 e. The van der Waals surface area contributed by atoms with Crippen molar-refractivity contribution in [1.82, 2.24) is 0 Å². The van der Waals surface area contributed by atoms with E-state index in [1.807, 2.05) is 6.08 Å². The average molecular weight is 378 g/mol. The number of benzene rings is 1. The van der Waals surface area contributed by atoms with E-state index in [1.165, 1.54) is 44.2 Å². The van der Waals surface area contributed by atoms with Crippen LogP contribution in [-0.4, -0.2) is 6.36 Å². The van der Waals surface area contributed by atoms with E-state index in [4.69, 9.17) is 0 Å². The highest BCUT2D eigenvalue weighted by Gasteiger charge is 2.32. The molecule has 0 bridgehead atoms. The van der Waals surface area contributed by atoms with Crippen molar-refractivity contribution >= 4 is 0 Å². The van der Waals surface area contributed by atoms with Crippen molar-refractivity contribution in [2.24, 2.45) is 11.8 Å². The molecule has 1 unspecified atom stereocenters. The molecule has 0 spiro atoms. The van der Waals surface area contributed by atoms with Crippen LogP contribution in [0.5, 0.6) is 5.75 Å². The topological polar surface area (TPSA) is 9.23 Å². The van der Waals surface area contributed by atoms with Gasteiger partial charge in [0.15, 0.2) is 0 Å². The molecular formula is C23H29F3O. The summed E-state index contributed by atoms with van der Waals surface area (Å²) in [6.45, 7) is 3.80. The Bertz CT molecular complexity index is 637. The summed E-state index contributed by atoms with van der Waals surface area (Å²) >= 11 is 0. The molecule has 27 heavy (non-hydrogen) atoms. The Balaban J connectivity index is 1.48. The van der Waals surface area contributed by atoms with Crippen LogP contribution < -0.4 is 4.74 Å². The van der Waals surface area contributed by atoms with Gasteiger partial charge in [-0.2, -0.15) is 0 Å². The fourth-order valence-corrected chi connectivity index (χ4v) is 4.72. The molecule has 1 saturated carbocycles. The van der Waals surface area contributed by atoms with Gasteiger partial charge in [-0.15, -0.1) is 19.8 Å². The van der Waals surface area contributed by atoms with Gasteiger partial charge in [-0.25, -0.2) is 0 Å². The summed E-state index contributed by atoms with van der Waals surface area (Å²) < 4.78 is 40.8. The molecule has 0 N–H and O–H groups in total. The molecule has 0 amide bonds. The fourth-order valence-electron chi connectivity index (χ4n) is 4.72. The number of alkyl halides is 3. The smallest absolute Gasteiger partial charge is 0.406 e. The molecule has 0 saturated heterocycles. The molecule has 4 heteroatoms. The lowest BCUT2D eigenvalue weighted by atomic mass is 9.70. The summed E-state index contributed by atoms with van der Waals surface area (Å²) in [7, 11) is 0. The molecular weight excluding hydrogens is 349 g/mol. The lowest BCUT2D eigenvalue weighted by molar-refractivity contribution is -0.274. The van der Waals surface area contributed by atoms with Gasteiger partial charge in [-0.05, 0) is 93.2 Å². The predicted octanol–water partition coefficient (Wildman–Crippen LogP) is 7.55. The minimum atomic E-state index is -4.63. The highest BCUT2D eigenvalue weighted by molar-refractivity contribution is 5.30. The van der Waals surface area contributed by atoms with Crippen molar-refractivity contribution in [2.75, 3.05) is 0 Å². The van der Waals surface area contributed by atoms with Crippen LogP contribution in [0.15, 0.2) is 48.6 Å². The van der Waals surface area contributed by atoms with Gasteiger partial charge in [0.05, 0.1) is 0 Å². The van der Waals surface area contributed by atoms with Gasteiger partial charge in [-0.3, -0.25) is 0 Å². The summed E-state index contributed by atoms with van der Waals surface area (Å²) in [5.74, 6) is 1.93. The molecule has 0 aromatic heterocycles. The van der Waals surface area contributed by atoms with Gasteiger partial charge in [0.25, 0.3) is 0 Å². The largest absolute Gasteiger partial charge is 0.573 e. The first-order valence-electron chi connectivity index (χ1n) is 10.1. The second-order valence-corrected chi connectivity index (χ2v) is 7.95. The van der Waals surface area contributed by atoms with E-state index in [0.717, 1.165) is 43.1 Å². The van der Waals surface area contributed by atoms with Crippen molar-refractivity contribution in [1.29, 1.82) is 0 Å². The van der Waals surface area contributed by atoms with Crippen LogP contribution in [0, 0.1) is 11.8 Å². The third kappa shape index (κ3) is 5.88. The third-order valence-electron chi connectivity index (χ3n) is 6.24. The molecule has 0 aliphatic heterocycles. The number of allylic oxidation sites excluding steroid dienone is 3. The van der Waals surface area contributed by atoms with Crippen molar-refractivity contribution in [2.45, 2.75) is 70.1 Å². The Hall–Kier alpha value is -1.71. The lowest BCUT2D eigenvalue weighted by Gasteiger charge is -2.35. The Morgan fingerprint density at radius 3 is 2.26 bits per heavy atom. The van der Waals surface area contributed by atoms with Crippen molar-refractivity contribution in [3.8, 4) is 5.75 Å². The number of ether oxygens (including phenoxy) is 1. The SMILES string of the molecule is C=CCCC1=CCC(C2CCC(c3ccc(OC(F)(F)F)cc3)CC2)CC1.